The van der Waals surface area contributed by atoms with Crippen LogP contribution in [0.3, 0.4) is 0 Å². The van der Waals surface area contributed by atoms with E-state index < -0.39 is 12.0 Å². The fourth-order valence-corrected chi connectivity index (χ4v) is 3.65. The molecule has 0 radical (unpaired) electrons. The van der Waals surface area contributed by atoms with Crippen LogP contribution < -0.4 is 5.32 Å². The monoisotopic (exact) mass is 462 g/mol. The summed E-state index contributed by atoms with van der Waals surface area (Å²) >= 11 is 7.49. The first-order chi connectivity index (χ1) is 14.9. The summed E-state index contributed by atoms with van der Waals surface area (Å²) in [5, 5.41) is 12.3. The molecule has 31 heavy (non-hydrogen) atoms. The number of hydrogen-bond donors (Lipinski definition) is 2. The standard InChI is InChI=1S/C23H27ClN2O4S/c1-31-15-13-20(25-22(29)18-9-11-19(24)12-10-18)23(30)26(14-5-8-21(27)28)16-17-6-3-2-4-7-17/h2-4,6-7,9-12,20H,5,8,13-16H2,1H3,(H,25,29)(H,27,28)/t20-/m0/s1. The number of halogens is 1. The second-order valence-corrected chi connectivity index (χ2v) is 8.48. The van der Waals surface area contributed by atoms with Crippen molar-refractivity contribution in [1.29, 1.82) is 0 Å². The van der Waals surface area contributed by atoms with E-state index in [0.717, 1.165) is 5.56 Å². The number of carbonyl (C=O) groups is 3. The first-order valence-electron chi connectivity index (χ1n) is 10.0. The zero-order valence-electron chi connectivity index (χ0n) is 17.4. The molecule has 2 aromatic rings. The molecule has 0 fully saturated rings. The molecule has 1 atom stereocenters. The van der Waals surface area contributed by atoms with Crippen molar-refractivity contribution in [2.45, 2.75) is 31.8 Å². The highest BCUT2D eigenvalue weighted by Crippen LogP contribution is 2.13. The second kappa shape index (κ2) is 13.0. The number of aliphatic carboxylic acids is 1. The maximum atomic E-state index is 13.4. The smallest absolute Gasteiger partial charge is 0.303 e. The van der Waals surface area contributed by atoms with Crippen LogP contribution in [0.4, 0.5) is 0 Å². The molecule has 0 spiro atoms. The minimum atomic E-state index is -0.901. The molecule has 0 aliphatic carbocycles. The Morgan fingerprint density at radius 2 is 1.77 bits per heavy atom. The van der Waals surface area contributed by atoms with Gasteiger partial charge in [0.15, 0.2) is 0 Å². The van der Waals surface area contributed by atoms with Crippen molar-refractivity contribution in [3.8, 4) is 0 Å². The number of rotatable bonds is 12. The molecule has 0 saturated heterocycles. The van der Waals surface area contributed by atoms with E-state index in [9.17, 15) is 14.4 Å². The van der Waals surface area contributed by atoms with Crippen LogP contribution in [-0.4, -0.2) is 52.4 Å². The van der Waals surface area contributed by atoms with Gasteiger partial charge in [0.05, 0.1) is 0 Å². The summed E-state index contributed by atoms with van der Waals surface area (Å²) in [4.78, 5) is 38.7. The summed E-state index contributed by atoms with van der Waals surface area (Å²) in [5.41, 5.74) is 1.37. The summed E-state index contributed by atoms with van der Waals surface area (Å²) in [6.45, 7) is 0.651. The predicted molar refractivity (Wildman–Crippen MR) is 124 cm³/mol. The number of nitrogens with one attached hydrogen (secondary N) is 1. The van der Waals surface area contributed by atoms with Crippen LogP contribution in [0, 0.1) is 0 Å². The number of amides is 2. The maximum absolute atomic E-state index is 13.4. The number of thioether (sulfide) groups is 1. The lowest BCUT2D eigenvalue weighted by molar-refractivity contribution is -0.138. The largest absolute Gasteiger partial charge is 0.481 e. The molecule has 166 valence electrons. The van der Waals surface area contributed by atoms with Crippen LogP contribution in [-0.2, 0) is 16.1 Å². The molecule has 8 heteroatoms. The zero-order valence-corrected chi connectivity index (χ0v) is 19.0. The lowest BCUT2D eigenvalue weighted by atomic mass is 10.1. The fraction of sp³-hybridized carbons (Fsp3) is 0.348. The Balaban J connectivity index is 2.17. The van der Waals surface area contributed by atoms with Gasteiger partial charge in [0.2, 0.25) is 5.91 Å². The van der Waals surface area contributed by atoms with Gasteiger partial charge in [0, 0.05) is 30.1 Å². The number of carboxylic acids is 1. The minimum Gasteiger partial charge on any atom is -0.481 e. The summed E-state index contributed by atoms with van der Waals surface area (Å²) in [6, 6.07) is 15.3. The van der Waals surface area contributed by atoms with Crippen LogP contribution in [0.1, 0.15) is 35.2 Å². The molecule has 2 rings (SSSR count). The Hall–Kier alpha value is -2.51. The second-order valence-electron chi connectivity index (χ2n) is 7.06. The number of hydrogen-bond acceptors (Lipinski definition) is 4. The van der Waals surface area contributed by atoms with Gasteiger partial charge in [-0.3, -0.25) is 14.4 Å². The quantitative estimate of drug-likeness (QED) is 0.496. The molecule has 0 aliphatic heterocycles. The minimum absolute atomic E-state index is 0.0226. The van der Waals surface area contributed by atoms with Gasteiger partial charge in [0.1, 0.15) is 6.04 Å². The van der Waals surface area contributed by atoms with E-state index in [1.807, 2.05) is 36.6 Å². The van der Waals surface area contributed by atoms with Gasteiger partial charge in [-0.25, -0.2) is 0 Å². The highest BCUT2D eigenvalue weighted by Gasteiger charge is 2.26. The molecule has 0 bridgehead atoms. The predicted octanol–water partition coefficient (Wildman–Crippen LogP) is 4.09. The molecule has 0 saturated carbocycles. The van der Waals surface area contributed by atoms with Gasteiger partial charge >= 0.3 is 5.97 Å². The van der Waals surface area contributed by atoms with E-state index in [-0.39, 0.29) is 18.2 Å². The molecule has 6 nitrogen and oxygen atoms in total. The Morgan fingerprint density at radius 3 is 2.39 bits per heavy atom. The van der Waals surface area contributed by atoms with Crippen molar-refractivity contribution in [3.05, 3.63) is 70.7 Å². The molecule has 0 unspecified atom stereocenters. The van der Waals surface area contributed by atoms with Crippen LogP contribution in [0.5, 0.6) is 0 Å². The Kier molecular flexibility index (Phi) is 10.4. The van der Waals surface area contributed by atoms with Crippen molar-refractivity contribution in [3.63, 3.8) is 0 Å². The van der Waals surface area contributed by atoms with E-state index >= 15 is 0 Å². The Morgan fingerprint density at radius 1 is 1.10 bits per heavy atom. The van der Waals surface area contributed by atoms with Crippen LogP contribution in [0.15, 0.2) is 54.6 Å². The Bertz CT molecular complexity index is 862. The fourth-order valence-electron chi connectivity index (χ4n) is 3.05. The average molecular weight is 463 g/mol. The third-order valence-electron chi connectivity index (χ3n) is 4.67. The molecular formula is C23H27ClN2O4S. The van der Waals surface area contributed by atoms with E-state index in [1.54, 1.807) is 40.9 Å². The van der Waals surface area contributed by atoms with Crippen molar-refractivity contribution < 1.29 is 19.5 Å². The van der Waals surface area contributed by atoms with E-state index in [0.29, 0.717) is 42.3 Å². The van der Waals surface area contributed by atoms with Gasteiger partial charge in [-0.2, -0.15) is 11.8 Å². The van der Waals surface area contributed by atoms with Gasteiger partial charge in [-0.1, -0.05) is 41.9 Å². The SMILES string of the molecule is CSCC[C@H](NC(=O)c1ccc(Cl)cc1)C(=O)N(CCCC(=O)O)Cc1ccccc1. The van der Waals surface area contributed by atoms with Crippen molar-refractivity contribution in [2.75, 3.05) is 18.6 Å². The van der Waals surface area contributed by atoms with Crippen LogP contribution in [0.25, 0.3) is 0 Å². The molecule has 0 aliphatic rings. The first-order valence-corrected chi connectivity index (χ1v) is 11.8. The van der Waals surface area contributed by atoms with Gasteiger partial charge in [-0.05, 0) is 54.7 Å². The summed E-state index contributed by atoms with van der Waals surface area (Å²) in [7, 11) is 0. The summed E-state index contributed by atoms with van der Waals surface area (Å²) < 4.78 is 0. The summed E-state index contributed by atoms with van der Waals surface area (Å²) in [6.07, 6.45) is 2.74. The average Bonchev–Trinajstić information content (AvgIpc) is 2.76. The summed E-state index contributed by atoms with van der Waals surface area (Å²) in [5.74, 6) is -0.764. The third kappa shape index (κ3) is 8.63. The number of benzene rings is 2. The highest BCUT2D eigenvalue weighted by atomic mass is 35.5. The molecular weight excluding hydrogens is 436 g/mol. The first kappa shape index (κ1) is 24.8. The highest BCUT2D eigenvalue weighted by molar-refractivity contribution is 7.98. The molecule has 2 N–H and O–H groups in total. The molecule has 2 aromatic carbocycles. The number of carbonyl (C=O) groups excluding carboxylic acids is 2. The lowest BCUT2D eigenvalue weighted by Gasteiger charge is -2.28. The van der Waals surface area contributed by atoms with Crippen LogP contribution >= 0.6 is 23.4 Å². The van der Waals surface area contributed by atoms with E-state index in [4.69, 9.17) is 16.7 Å². The maximum Gasteiger partial charge on any atom is 0.303 e. The number of nitrogens with zero attached hydrogens (tertiary/aromatic N) is 1. The van der Waals surface area contributed by atoms with E-state index in [1.165, 1.54) is 0 Å². The zero-order chi connectivity index (χ0) is 22.6. The normalized spacial score (nSPS) is 11.5. The topological polar surface area (TPSA) is 86.7 Å². The Labute approximate surface area is 192 Å². The van der Waals surface area contributed by atoms with Crippen molar-refractivity contribution >= 4 is 41.1 Å². The molecule has 2 amide bonds. The molecule has 0 aromatic heterocycles. The van der Waals surface area contributed by atoms with Crippen molar-refractivity contribution in [1.82, 2.24) is 10.2 Å². The van der Waals surface area contributed by atoms with Gasteiger partial charge in [-0.15, -0.1) is 0 Å². The van der Waals surface area contributed by atoms with Gasteiger partial charge < -0.3 is 15.3 Å². The van der Waals surface area contributed by atoms with Crippen LogP contribution in [0.2, 0.25) is 5.02 Å². The van der Waals surface area contributed by atoms with Crippen molar-refractivity contribution in [2.24, 2.45) is 0 Å². The van der Waals surface area contributed by atoms with Gasteiger partial charge in [0.25, 0.3) is 5.91 Å². The molecule has 0 heterocycles. The number of carboxylic acid groups (broad SMARTS) is 1. The lowest BCUT2D eigenvalue weighted by Crippen LogP contribution is -2.49. The third-order valence-corrected chi connectivity index (χ3v) is 5.56. The van der Waals surface area contributed by atoms with E-state index in [2.05, 4.69) is 5.32 Å².